The molecule has 2 heteroatoms. The van der Waals surface area contributed by atoms with Crippen LogP contribution in [0.25, 0.3) is 0 Å². The molecule has 11 heavy (non-hydrogen) atoms. The summed E-state index contributed by atoms with van der Waals surface area (Å²) in [6.07, 6.45) is 4.00. The zero-order valence-corrected chi connectivity index (χ0v) is 7.35. The highest BCUT2D eigenvalue weighted by Crippen LogP contribution is 2.39. The molecule has 0 heterocycles. The Bertz CT molecular complexity index is 165. The van der Waals surface area contributed by atoms with Crippen LogP contribution in [0, 0.1) is 16.7 Å². The number of nitrogens with one attached hydrogen (secondary N) is 1. The molecular formula is C9H16N2. The summed E-state index contributed by atoms with van der Waals surface area (Å²) >= 11 is 0. The third-order valence-corrected chi connectivity index (χ3v) is 2.59. The minimum absolute atomic E-state index is 0.00687. The second kappa shape index (κ2) is 3.23. The molecule has 0 aliphatic heterocycles. The number of nitrogens with zero attached hydrogens (tertiary/aromatic N) is 1. The third kappa shape index (κ3) is 2.20. The summed E-state index contributed by atoms with van der Waals surface area (Å²) < 4.78 is 0. The third-order valence-electron chi connectivity index (χ3n) is 2.59. The molecule has 0 aromatic heterocycles. The molecule has 0 saturated heterocycles. The van der Waals surface area contributed by atoms with E-state index in [4.69, 9.17) is 5.26 Å². The van der Waals surface area contributed by atoms with Crippen molar-refractivity contribution in [3.63, 3.8) is 0 Å². The number of nitriles is 1. The topological polar surface area (TPSA) is 35.8 Å². The lowest BCUT2D eigenvalue weighted by atomic mass is 9.70. The summed E-state index contributed by atoms with van der Waals surface area (Å²) in [5.74, 6) is 0. The SMILES string of the molecule is CC(C#N)NCC1(C)CCC1. The highest BCUT2D eigenvalue weighted by Gasteiger charge is 2.31. The van der Waals surface area contributed by atoms with E-state index in [1.807, 2.05) is 6.92 Å². The van der Waals surface area contributed by atoms with Crippen molar-refractivity contribution in [3.05, 3.63) is 0 Å². The Morgan fingerprint density at radius 1 is 1.64 bits per heavy atom. The largest absolute Gasteiger partial charge is 0.302 e. The van der Waals surface area contributed by atoms with Crippen molar-refractivity contribution in [1.29, 1.82) is 5.26 Å². The van der Waals surface area contributed by atoms with Crippen molar-refractivity contribution in [2.24, 2.45) is 5.41 Å². The van der Waals surface area contributed by atoms with Gasteiger partial charge in [-0.15, -0.1) is 0 Å². The van der Waals surface area contributed by atoms with Crippen LogP contribution in [0.3, 0.4) is 0 Å². The molecule has 0 amide bonds. The predicted molar refractivity (Wildman–Crippen MR) is 45.0 cm³/mol. The van der Waals surface area contributed by atoms with Gasteiger partial charge in [0.25, 0.3) is 0 Å². The summed E-state index contributed by atoms with van der Waals surface area (Å²) in [6, 6.07) is 2.18. The molecular weight excluding hydrogens is 136 g/mol. The molecule has 1 atom stereocenters. The summed E-state index contributed by atoms with van der Waals surface area (Å²) in [5, 5.41) is 11.7. The molecule has 0 aromatic rings. The lowest BCUT2D eigenvalue weighted by Crippen LogP contribution is -2.40. The van der Waals surface area contributed by atoms with E-state index in [9.17, 15) is 0 Å². The normalized spacial score (nSPS) is 23.4. The Hall–Kier alpha value is -0.550. The molecule has 1 aliphatic rings. The van der Waals surface area contributed by atoms with Crippen LogP contribution in [0.4, 0.5) is 0 Å². The average Bonchev–Trinajstić information content (AvgIpc) is 1.96. The first kappa shape index (κ1) is 8.55. The highest BCUT2D eigenvalue weighted by atomic mass is 14.9. The molecule has 0 aromatic carbocycles. The van der Waals surface area contributed by atoms with Gasteiger partial charge in [0, 0.05) is 6.54 Å². The van der Waals surface area contributed by atoms with E-state index in [1.54, 1.807) is 0 Å². The van der Waals surface area contributed by atoms with E-state index in [0.29, 0.717) is 5.41 Å². The monoisotopic (exact) mass is 152 g/mol. The minimum atomic E-state index is 0.00687. The first-order chi connectivity index (χ1) is 5.16. The predicted octanol–water partition coefficient (Wildman–Crippen LogP) is 1.68. The van der Waals surface area contributed by atoms with Gasteiger partial charge in [-0.3, -0.25) is 0 Å². The summed E-state index contributed by atoms with van der Waals surface area (Å²) in [5.41, 5.74) is 0.491. The van der Waals surface area contributed by atoms with Crippen molar-refractivity contribution in [1.82, 2.24) is 5.32 Å². The average molecular weight is 152 g/mol. The van der Waals surface area contributed by atoms with Crippen LogP contribution < -0.4 is 5.32 Å². The molecule has 62 valence electrons. The van der Waals surface area contributed by atoms with Gasteiger partial charge in [-0.1, -0.05) is 13.3 Å². The smallest absolute Gasteiger partial charge is 0.0924 e. The van der Waals surface area contributed by atoms with E-state index in [0.717, 1.165) is 6.54 Å². The summed E-state index contributed by atoms with van der Waals surface area (Å²) in [7, 11) is 0. The van der Waals surface area contributed by atoms with Crippen LogP contribution in [-0.2, 0) is 0 Å². The second-order valence-electron chi connectivity index (χ2n) is 3.90. The summed E-state index contributed by atoms with van der Waals surface area (Å²) in [4.78, 5) is 0. The zero-order valence-electron chi connectivity index (χ0n) is 7.35. The van der Waals surface area contributed by atoms with Gasteiger partial charge in [-0.2, -0.15) is 5.26 Å². The second-order valence-corrected chi connectivity index (χ2v) is 3.90. The van der Waals surface area contributed by atoms with Crippen molar-refractivity contribution in [3.8, 4) is 6.07 Å². The fraction of sp³-hybridized carbons (Fsp3) is 0.889. The van der Waals surface area contributed by atoms with Crippen LogP contribution >= 0.6 is 0 Å². The van der Waals surface area contributed by atoms with Gasteiger partial charge >= 0.3 is 0 Å². The van der Waals surface area contributed by atoms with Crippen molar-refractivity contribution in [2.75, 3.05) is 6.54 Å². The van der Waals surface area contributed by atoms with Gasteiger partial charge in [-0.05, 0) is 25.2 Å². The zero-order chi connectivity index (χ0) is 8.32. The fourth-order valence-corrected chi connectivity index (χ4v) is 1.40. The number of hydrogen-bond acceptors (Lipinski definition) is 2. The van der Waals surface area contributed by atoms with E-state index >= 15 is 0 Å². The first-order valence-corrected chi connectivity index (χ1v) is 4.29. The molecule has 0 bridgehead atoms. The van der Waals surface area contributed by atoms with Crippen LogP contribution in [0.1, 0.15) is 33.1 Å². The maximum Gasteiger partial charge on any atom is 0.0924 e. The summed E-state index contributed by atoms with van der Waals surface area (Å²) in [6.45, 7) is 5.19. The first-order valence-electron chi connectivity index (χ1n) is 4.29. The van der Waals surface area contributed by atoms with Gasteiger partial charge in [0.2, 0.25) is 0 Å². The van der Waals surface area contributed by atoms with Crippen LogP contribution in [0.15, 0.2) is 0 Å². The van der Waals surface area contributed by atoms with Crippen molar-refractivity contribution in [2.45, 2.75) is 39.2 Å². The van der Waals surface area contributed by atoms with Crippen LogP contribution in [0.5, 0.6) is 0 Å². The molecule has 0 radical (unpaired) electrons. The van der Waals surface area contributed by atoms with Crippen LogP contribution in [-0.4, -0.2) is 12.6 Å². The molecule has 1 aliphatic carbocycles. The Morgan fingerprint density at radius 2 is 2.27 bits per heavy atom. The molecule has 2 nitrogen and oxygen atoms in total. The maximum atomic E-state index is 8.51. The maximum absolute atomic E-state index is 8.51. The number of rotatable bonds is 3. The van der Waals surface area contributed by atoms with Gasteiger partial charge in [0.05, 0.1) is 12.1 Å². The van der Waals surface area contributed by atoms with Gasteiger partial charge in [-0.25, -0.2) is 0 Å². The molecule has 1 N–H and O–H groups in total. The minimum Gasteiger partial charge on any atom is -0.302 e. The van der Waals surface area contributed by atoms with E-state index in [2.05, 4.69) is 18.3 Å². The molecule has 1 rings (SSSR count). The number of hydrogen-bond donors (Lipinski definition) is 1. The quantitative estimate of drug-likeness (QED) is 0.667. The van der Waals surface area contributed by atoms with E-state index < -0.39 is 0 Å². The Balaban J connectivity index is 2.17. The lowest BCUT2D eigenvalue weighted by Gasteiger charge is -2.38. The molecule has 0 spiro atoms. The fourth-order valence-electron chi connectivity index (χ4n) is 1.40. The van der Waals surface area contributed by atoms with Gasteiger partial charge < -0.3 is 5.32 Å². The Labute approximate surface area is 68.6 Å². The molecule has 1 fully saturated rings. The standard InChI is InChI=1S/C9H16N2/c1-8(6-10)11-7-9(2)4-3-5-9/h8,11H,3-5,7H2,1-2H3. The van der Waals surface area contributed by atoms with Crippen LogP contribution in [0.2, 0.25) is 0 Å². The lowest BCUT2D eigenvalue weighted by molar-refractivity contribution is 0.155. The molecule has 1 saturated carbocycles. The Morgan fingerprint density at radius 3 is 2.64 bits per heavy atom. The van der Waals surface area contributed by atoms with E-state index in [1.165, 1.54) is 19.3 Å². The van der Waals surface area contributed by atoms with Crippen molar-refractivity contribution >= 4 is 0 Å². The highest BCUT2D eigenvalue weighted by molar-refractivity contribution is 4.91. The van der Waals surface area contributed by atoms with E-state index in [-0.39, 0.29) is 6.04 Å². The van der Waals surface area contributed by atoms with Gasteiger partial charge in [0.1, 0.15) is 0 Å². The Kier molecular flexibility index (Phi) is 2.51. The van der Waals surface area contributed by atoms with Gasteiger partial charge in [0.15, 0.2) is 0 Å². The molecule has 1 unspecified atom stereocenters. The van der Waals surface area contributed by atoms with Crippen molar-refractivity contribution < 1.29 is 0 Å².